The minimum atomic E-state index is -4.51. The Labute approximate surface area is 166 Å². The third-order valence-electron chi connectivity index (χ3n) is 4.87. The number of halogens is 3. The molecule has 1 fully saturated rings. The second-order valence-electron chi connectivity index (χ2n) is 6.89. The van der Waals surface area contributed by atoms with Gasteiger partial charge in [-0.15, -0.1) is 0 Å². The number of nitrogens with one attached hydrogen (secondary N) is 1. The molecule has 29 heavy (non-hydrogen) atoms. The van der Waals surface area contributed by atoms with Crippen molar-refractivity contribution in [2.24, 2.45) is 5.92 Å². The lowest BCUT2D eigenvalue weighted by Crippen LogP contribution is -2.43. The fourth-order valence-corrected chi connectivity index (χ4v) is 3.31. The highest BCUT2D eigenvalue weighted by Crippen LogP contribution is 2.30. The molecule has 3 rings (SSSR count). The Morgan fingerprint density at radius 1 is 1.14 bits per heavy atom. The van der Waals surface area contributed by atoms with Crippen molar-refractivity contribution in [2.75, 3.05) is 25.5 Å². The van der Waals surface area contributed by atoms with E-state index in [1.165, 1.54) is 17.0 Å². The van der Waals surface area contributed by atoms with E-state index in [1.807, 2.05) is 0 Å². The van der Waals surface area contributed by atoms with Crippen molar-refractivity contribution in [2.45, 2.75) is 19.0 Å². The summed E-state index contributed by atoms with van der Waals surface area (Å²) in [5, 5.41) is 2.81. The molecule has 2 amide bonds. The van der Waals surface area contributed by atoms with E-state index in [2.05, 4.69) is 5.32 Å². The molecule has 0 unspecified atom stereocenters. The van der Waals surface area contributed by atoms with Crippen LogP contribution in [0.5, 0.6) is 5.75 Å². The highest BCUT2D eigenvalue weighted by molar-refractivity contribution is 5.96. The van der Waals surface area contributed by atoms with E-state index in [9.17, 15) is 22.8 Å². The summed E-state index contributed by atoms with van der Waals surface area (Å²) in [5.74, 6) is -0.492. The molecule has 0 radical (unpaired) electrons. The van der Waals surface area contributed by atoms with E-state index < -0.39 is 23.6 Å². The minimum absolute atomic E-state index is 0.0314. The molecular formula is C21H21F3N2O3. The number of piperidine rings is 1. The number of likely N-dealkylation sites (tertiary alicyclic amines) is 1. The molecule has 0 spiro atoms. The van der Waals surface area contributed by atoms with E-state index in [4.69, 9.17) is 4.74 Å². The van der Waals surface area contributed by atoms with Crippen LogP contribution in [0.1, 0.15) is 28.8 Å². The summed E-state index contributed by atoms with van der Waals surface area (Å²) in [4.78, 5) is 26.7. The standard InChI is InChI=1S/C21H21F3N2O3/c1-29-18-9-7-17(8-10-18)25-19(27)15-5-3-11-26(13-15)20(28)14-4-2-6-16(12-14)21(22,23)24/h2,4,6-10,12,15H,3,5,11,13H2,1H3,(H,25,27)/t15-/m1/s1. The van der Waals surface area contributed by atoms with Crippen LogP contribution in [0, 0.1) is 5.92 Å². The highest BCUT2D eigenvalue weighted by atomic mass is 19.4. The molecule has 2 aromatic carbocycles. The summed E-state index contributed by atoms with van der Waals surface area (Å²) in [6.45, 7) is 0.568. The molecule has 1 atom stereocenters. The van der Waals surface area contributed by atoms with Crippen LogP contribution in [-0.4, -0.2) is 36.9 Å². The molecule has 0 aliphatic carbocycles. The quantitative estimate of drug-likeness (QED) is 0.828. The van der Waals surface area contributed by atoms with Crippen molar-refractivity contribution in [3.8, 4) is 5.75 Å². The molecule has 0 bridgehead atoms. The summed E-state index contributed by atoms with van der Waals surface area (Å²) >= 11 is 0. The van der Waals surface area contributed by atoms with Crippen LogP contribution >= 0.6 is 0 Å². The lowest BCUT2D eigenvalue weighted by Gasteiger charge is -2.32. The van der Waals surface area contributed by atoms with Gasteiger partial charge >= 0.3 is 6.18 Å². The lowest BCUT2D eigenvalue weighted by atomic mass is 9.96. The smallest absolute Gasteiger partial charge is 0.416 e. The number of rotatable bonds is 4. The minimum Gasteiger partial charge on any atom is -0.497 e. The van der Waals surface area contributed by atoms with Crippen LogP contribution in [0.3, 0.4) is 0 Å². The summed E-state index contributed by atoms with van der Waals surface area (Å²) in [5.41, 5.74) is -0.290. The number of carbonyl (C=O) groups is 2. The molecule has 1 N–H and O–H groups in total. The van der Waals surface area contributed by atoms with Crippen molar-refractivity contribution in [3.63, 3.8) is 0 Å². The van der Waals surface area contributed by atoms with Crippen LogP contribution in [0.2, 0.25) is 0 Å². The topological polar surface area (TPSA) is 58.6 Å². The van der Waals surface area contributed by atoms with Crippen molar-refractivity contribution in [1.82, 2.24) is 4.90 Å². The Kier molecular flexibility index (Phi) is 6.10. The van der Waals surface area contributed by atoms with E-state index in [-0.39, 0.29) is 18.0 Å². The first kappa shape index (κ1) is 20.7. The Morgan fingerprint density at radius 3 is 2.52 bits per heavy atom. The number of carbonyl (C=O) groups excluding carboxylic acids is 2. The van der Waals surface area contributed by atoms with Crippen molar-refractivity contribution in [3.05, 3.63) is 59.7 Å². The van der Waals surface area contributed by atoms with Gasteiger partial charge in [-0.05, 0) is 55.3 Å². The van der Waals surface area contributed by atoms with Gasteiger partial charge in [-0.25, -0.2) is 0 Å². The summed E-state index contributed by atoms with van der Waals surface area (Å²) in [7, 11) is 1.55. The van der Waals surface area contributed by atoms with E-state index in [1.54, 1.807) is 31.4 Å². The Balaban J connectivity index is 1.66. The number of alkyl halides is 3. The number of benzene rings is 2. The van der Waals surface area contributed by atoms with Gasteiger partial charge in [0.25, 0.3) is 5.91 Å². The number of hydrogen-bond donors (Lipinski definition) is 1. The van der Waals surface area contributed by atoms with Gasteiger partial charge in [-0.3, -0.25) is 9.59 Å². The monoisotopic (exact) mass is 406 g/mol. The van der Waals surface area contributed by atoms with Crippen molar-refractivity contribution >= 4 is 17.5 Å². The van der Waals surface area contributed by atoms with E-state index >= 15 is 0 Å². The van der Waals surface area contributed by atoms with E-state index in [0.29, 0.717) is 30.8 Å². The molecule has 5 nitrogen and oxygen atoms in total. The largest absolute Gasteiger partial charge is 0.497 e. The zero-order valence-electron chi connectivity index (χ0n) is 15.8. The fourth-order valence-electron chi connectivity index (χ4n) is 3.31. The predicted octanol–water partition coefficient (Wildman–Crippen LogP) is 4.20. The Morgan fingerprint density at radius 2 is 1.86 bits per heavy atom. The van der Waals surface area contributed by atoms with Crippen LogP contribution in [0.4, 0.5) is 18.9 Å². The molecule has 8 heteroatoms. The SMILES string of the molecule is COc1ccc(NC(=O)[C@@H]2CCCN(C(=O)c3cccc(C(F)(F)F)c3)C2)cc1. The second kappa shape index (κ2) is 8.55. The average Bonchev–Trinajstić information content (AvgIpc) is 2.73. The average molecular weight is 406 g/mol. The van der Waals surface area contributed by atoms with Gasteiger partial charge in [0.2, 0.25) is 5.91 Å². The maximum Gasteiger partial charge on any atom is 0.416 e. The molecule has 0 aromatic heterocycles. The number of methoxy groups -OCH3 is 1. The molecule has 154 valence electrons. The van der Waals surface area contributed by atoms with Crippen molar-refractivity contribution in [1.29, 1.82) is 0 Å². The van der Waals surface area contributed by atoms with Gasteiger partial charge in [-0.2, -0.15) is 13.2 Å². The van der Waals surface area contributed by atoms with Crippen LogP contribution < -0.4 is 10.1 Å². The van der Waals surface area contributed by atoms with E-state index in [0.717, 1.165) is 12.1 Å². The molecule has 1 saturated heterocycles. The summed E-state index contributed by atoms with van der Waals surface area (Å²) in [6, 6.07) is 11.2. The summed E-state index contributed by atoms with van der Waals surface area (Å²) in [6.07, 6.45) is -3.31. The number of amides is 2. The number of hydrogen-bond acceptors (Lipinski definition) is 3. The van der Waals surface area contributed by atoms with Crippen LogP contribution in [0.25, 0.3) is 0 Å². The van der Waals surface area contributed by atoms with Crippen LogP contribution in [-0.2, 0) is 11.0 Å². The van der Waals surface area contributed by atoms with Crippen molar-refractivity contribution < 1.29 is 27.5 Å². The highest BCUT2D eigenvalue weighted by Gasteiger charge is 2.33. The predicted molar refractivity (Wildman–Crippen MR) is 102 cm³/mol. The lowest BCUT2D eigenvalue weighted by molar-refractivity contribution is -0.137. The maximum absolute atomic E-state index is 12.9. The van der Waals surface area contributed by atoms with Crippen LogP contribution in [0.15, 0.2) is 48.5 Å². The molecule has 0 saturated carbocycles. The third-order valence-corrected chi connectivity index (χ3v) is 4.87. The molecule has 1 aliphatic rings. The summed E-state index contributed by atoms with van der Waals surface area (Å²) < 4.78 is 43.8. The molecule has 2 aromatic rings. The number of nitrogens with zero attached hydrogens (tertiary/aromatic N) is 1. The number of anilines is 1. The first-order valence-corrected chi connectivity index (χ1v) is 9.19. The van der Waals surface area contributed by atoms with Gasteiger partial charge < -0.3 is 15.0 Å². The Hall–Kier alpha value is -3.03. The maximum atomic E-state index is 12.9. The molecule has 1 heterocycles. The number of ether oxygens (including phenoxy) is 1. The second-order valence-corrected chi connectivity index (χ2v) is 6.89. The fraction of sp³-hybridized carbons (Fsp3) is 0.333. The molecular weight excluding hydrogens is 385 g/mol. The Bertz CT molecular complexity index is 881. The zero-order chi connectivity index (χ0) is 21.0. The first-order chi connectivity index (χ1) is 13.8. The molecule has 1 aliphatic heterocycles. The van der Waals surface area contributed by atoms with Gasteiger partial charge in [0, 0.05) is 24.3 Å². The van der Waals surface area contributed by atoms with Gasteiger partial charge in [-0.1, -0.05) is 6.07 Å². The third kappa shape index (κ3) is 5.07. The zero-order valence-corrected chi connectivity index (χ0v) is 15.8. The first-order valence-electron chi connectivity index (χ1n) is 9.19. The van der Waals surface area contributed by atoms with Gasteiger partial charge in [0.1, 0.15) is 5.75 Å². The normalized spacial score (nSPS) is 17.0. The van der Waals surface area contributed by atoms with Gasteiger partial charge in [0.15, 0.2) is 0 Å². The van der Waals surface area contributed by atoms with Gasteiger partial charge in [0.05, 0.1) is 18.6 Å².